The van der Waals surface area contributed by atoms with E-state index in [1.54, 1.807) is 18.2 Å². The summed E-state index contributed by atoms with van der Waals surface area (Å²) in [5.41, 5.74) is 5.83. The predicted octanol–water partition coefficient (Wildman–Crippen LogP) is 2.20. The zero-order valence-corrected chi connectivity index (χ0v) is 13.0. The largest absolute Gasteiger partial charge is 0.373 e. The van der Waals surface area contributed by atoms with Crippen molar-refractivity contribution in [2.45, 2.75) is 23.6 Å². The minimum atomic E-state index is -4.39. The van der Waals surface area contributed by atoms with E-state index in [-0.39, 0.29) is 10.6 Å². The number of azo groups is 1. The maximum atomic E-state index is 11.3. The topological polar surface area (TPSA) is 114 Å². The second-order valence-electron chi connectivity index (χ2n) is 4.93. The zero-order chi connectivity index (χ0) is 16.4. The number of rotatable bonds is 4. The first-order valence-electron chi connectivity index (χ1n) is 6.45. The van der Waals surface area contributed by atoms with Gasteiger partial charge in [0.05, 0.1) is 0 Å². The summed E-state index contributed by atoms with van der Waals surface area (Å²) in [4.78, 5) is -0.330. The Balaban J connectivity index is 2.42. The average Bonchev–Trinajstić information content (AvgIpc) is 2.45. The van der Waals surface area contributed by atoms with Gasteiger partial charge in [0.15, 0.2) is 5.66 Å². The Morgan fingerprint density at radius 1 is 1.36 bits per heavy atom. The first-order chi connectivity index (χ1) is 10.3. The fourth-order valence-electron chi connectivity index (χ4n) is 2.14. The highest BCUT2D eigenvalue weighted by Gasteiger charge is 2.34. The predicted molar refractivity (Wildman–Crippen MR) is 81.4 cm³/mol. The van der Waals surface area contributed by atoms with Crippen LogP contribution in [-0.4, -0.2) is 31.8 Å². The van der Waals surface area contributed by atoms with Gasteiger partial charge in [0.1, 0.15) is 16.7 Å². The number of methoxy groups -OCH3 is 1. The molecule has 0 spiro atoms. The number of hydrogen-bond donors (Lipinski definition) is 2. The van der Waals surface area contributed by atoms with Crippen molar-refractivity contribution in [3.8, 4) is 0 Å². The van der Waals surface area contributed by atoms with Crippen molar-refractivity contribution in [2.75, 3.05) is 7.11 Å². The first kappa shape index (κ1) is 16.5. The molecule has 0 fully saturated rings. The van der Waals surface area contributed by atoms with E-state index in [2.05, 4.69) is 10.2 Å². The monoisotopic (exact) mass is 323 g/mol. The van der Waals surface area contributed by atoms with Crippen LogP contribution in [0.1, 0.15) is 6.92 Å². The highest BCUT2D eigenvalue weighted by molar-refractivity contribution is 7.86. The van der Waals surface area contributed by atoms with Gasteiger partial charge in [0, 0.05) is 7.11 Å². The van der Waals surface area contributed by atoms with Crippen LogP contribution < -0.4 is 5.73 Å². The molecule has 1 aliphatic carbocycles. The third-order valence-corrected chi connectivity index (χ3v) is 4.08. The van der Waals surface area contributed by atoms with Crippen molar-refractivity contribution in [3.63, 3.8) is 0 Å². The Morgan fingerprint density at radius 2 is 2.05 bits per heavy atom. The maximum Gasteiger partial charge on any atom is 0.296 e. The van der Waals surface area contributed by atoms with Gasteiger partial charge in [-0.15, -0.1) is 0 Å². The lowest BCUT2D eigenvalue weighted by Gasteiger charge is -2.30. The van der Waals surface area contributed by atoms with Crippen LogP contribution in [0.15, 0.2) is 63.2 Å². The SMILES string of the molecule is COC1C=CC(C)=CC1(N)N=Nc1ccccc1S(=O)(=O)O. The molecule has 3 N–H and O–H groups in total. The van der Waals surface area contributed by atoms with Gasteiger partial charge in [-0.3, -0.25) is 10.3 Å². The van der Waals surface area contributed by atoms with Crippen LogP contribution in [0.3, 0.4) is 0 Å². The molecular formula is C14H17N3O4S. The molecule has 8 heteroatoms. The van der Waals surface area contributed by atoms with Crippen LogP contribution in [0.4, 0.5) is 5.69 Å². The normalized spacial score (nSPS) is 25.5. The van der Waals surface area contributed by atoms with Gasteiger partial charge in [0.25, 0.3) is 10.1 Å². The third kappa shape index (κ3) is 3.47. The summed E-state index contributed by atoms with van der Waals surface area (Å²) in [5, 5.41) is 7.94. The fraction of sp³-hybridized carbons (Fsp3) is 0.286. The minimum absolute atomic E-state index is 0.00489. The van der Waals surface area contributed by atoms with Crippen LogP contribution in [0.2, 0.25) is 0 Å². The lowest BCUT2D eigenvalue weighted by molar-refractivity contribution is 0.0899. The van der Waals surface area contributed by atoms with Crippen LogP contribution in [-0.2, 0) is 14.9 Å². The van der Waals surface area contributed by atoms with Gasteiger partial charge in [0.2, 0.25) is 0 Å². The van der Waals surface area contributed by atoms with Gasteiger partial charge in [-0.1, -0.05) is 29.9 Å². The van der Waals surface area contributed by atoms with Crippen molar-refractivity contribution in [1.82, 2.24) is 0 Å². The summed E-state index contributed by atoms with van der Waals surface area (Å²) in [7, 11) is -2.90. The molecule has 0 amide bonds. The Morgan fingerprint density at radius 3 is 2.68 bits per heavy atom. The Kier molecular flexibility index (Phi) is 4.57. The van der Waals surface area contributed by atoms with Gasteiger partial charge in [-0.05, 0) is 25.1 Å². The third-order valence-electron chi connectivity index (χ3n) is 3.18. The van der Waals surface area contributed by atoms with E-state index in [9.17, 15) is 13.0 Å². The van der Waals surface area contributed by atoms with E-state index < -0.39 is 21.9 Å². The molecule has 0 bridgehead atoms. The van der Waals surface area contributed by atoms with Gasteiger partial charge < -0.3 is 4.74 Å². The molecule has 0 heterocycles. The average molecular weight is 323 g/mol. The molecule has 2 unspecified atom stereocenters. The molecule has 0 radical (unpaired) electrons. The number of hydrogen-bond acceptors (Lipinski definition) is 6. The van der Waals surface area contributed by atoms with Crippen molar-refractivity contribution in [2.24, 2.45) is 16.0 Å². The number of allylic oxidation sites excluding steroid dienone is 2. The second kappa shape index (κ2) is 6.09. The molecule has 1 aromatic carbocycles. The highest BCUT2D eigenvalue weighted by atomic mass is 32.2. The van der Waals surface area contributed by atoms with Gasteiger partial charge >= 0.3 is 0 Å². The van der Waals surface area contributed by atoms with Crippen molar-refractivity contribution >= 4 is 15.8 Å². The molecule has 1 aliphatic rings. The molecule has 0 saturated heterocycles. The zero-order valence-electron chi connectivity index (χ0n) is 12.2. The van der Waals surface area contributed by atoms with E-state index in [0.717, 1.165) is 5.57 Å². The molecule has 7 nitrogen and oxygen atoms in total. The summed E-state index contributed by atoms with van der Waals surface area (Å²) in [6, 6.07) is 5.73. The number of nitrogens with two attached hydrogens (primary N) is 1. The first-order valence-corrected chi connectivity index (χ1v) is 7.89. The van der Waals surface area contributed by atoms with Crippen molar-refractivity contribution in [1.29, 1.82) is 0 Å². The van der Waals surface area contributed by atoms with Crippen LogP contribution in [0.5, 0.6) is 0 Å². The summed E-state index contributed by atoms with van der Waals surface area (Å²) in [6.45, 7) is 1.85. The van der Waals surface area contributed by atoms with E-state index in [1.807, 2.05) is 13.0 Å². The standard InChI is InChI=1S/C14H17N3O4S/c1-10-7-8-13(21-2)14(15,9-10)17-16-11-5-3-4-6-12(11)22(18,19)20/h3-9,13H,15H2,1-2H3,(H,18,19,20). The van der Waals surface area contributed by atoms with Crippen LogP contribution >= 0.6 is 0 Å². The summed E-state index contributed by atoms with van der Waals surface area (Å²) < 4.78 is 37.1. The van der Waals surface area contributed by atoms with Crippen molar-refractivity contribution in [3.05, 3.63) is 48.1 Å². The minimum Gasteiger partial charge on any atom is -0.373 e. The van der Waals surface area contributed by atoms with E-state index in [4.69, 9.17) is 10.5 Å². The maximum absolute atomic E-state index is 11.3. The molecule has 22 heavy (non-hydrogen) atoms. The molecule has 0 aliphatic heterocycles. The van der Waals surface area contributed by atoms with Gasteiger partial charge in [-0.25, -0.2) is 0 Å². The van der Waals surface area contributed by atoms with Crippen LogP contribution in [0.25, 0.3) is 0 Å². The van der Waals surface area contributed by atoms with E-state index in [0.29, 0.717) is 0 Å². The summed E-state index contributed by atoms with van der Waals surface area (Å²) in [5.74, 6) is 0. The number of benzene rings is 1. The lowest BCUT2D eigenvalue weighted by Crippen LogP contribution is -2.48. The fourth-order valence-corrected chi connectivity index (χ4v) is 2.76. The quantitative estimate of drug-likeness (QED) is 0.651. The molecular weight excluding hydrogens is 306 g/mol. The Bertz CT molecular complexity index is 755. The van der Waals surface area contributed by atoms with Crippen LogP contribution in [0, 0.1) is 0 Å². The second-order valence-corrected chi connectivity index (χ2v) is 6.32. The molecule has 118 valence electrons. The lowest BCUT2D eigenvalue weighted by atomic mass is 9.95. The molecule has 2 atom stereocenters. The van der Waals surface area contributed by atoms with E-state index >= 15 is 0 Å². The smallest absolute Gasteiger partial charge is 0.296 e. The molecule has 0 aromatic heterocycles. The highest BCUT2D eigenvalue weighted by Crippen LogP contribution is 2.28. The molecule has 0 saturated carbocycles. The van der Waals surface area contributed by atoms with Gasteiger partial charge in [-0.2, -0.15) is 18.6 Å². The summed E-state index contributed by atoms with van der Waals surface area (Å²) in [6.07, 6.45) is 4.75. The summed E-state index contributed by atoms with van der Waals surface area (Å²) >= 11 is 0. The van der Waals surface area contributed by atoms with Crippen molar-refractivity contribution < 1.29 is 17.7 Å². The number of ether oxygens (including phenoxy) is 1. The molecule has 2 rings (SSSR count). The molecule has 1 aromatic rings. The van der Waals surface area contributed by atoms with E-state index in [1.165, 1.54) is 25.3 Å². The Labute approximate surface area is 128 Å². The number of nitrogens with zero attached hydrogens (tertiary/aromatic N) is 2. The Hall–Kier alpha value is -1.87.